The van der Waals surface area contributed by atoms with Crippen molar-refractivity contribution in [3.63, 3.8) is 0 Å². The summed E-state index contributed by atoms with van der Waals surface area (Å²) in [5, 5.41) is 12.0. The predicted octanol–water partition coefficient (Wildman–Crippen LogP) is 0.0474. The lowest BCUT2D eigenvalue weighted by molar-refractivity contribution is -0.899. The van der Waals surface area contributed by atoms with Crippen LogP contribution in [0.1, 0.15) is 39.5 Å². The number of nitrogens with one attached hydrogen (secondary N) is 1. The van der Waals surface area contributed by atoms with Crippen molar-refractivity contribution in [3.8, 4) is 0 Å². The highest BCUT2D eigenvalue weighted by atomic mass is 16.5. The van der Waals surface area contributed by atoms with Crippen molar-refractivity contribution in [2.75, 3.05) is 0 Å². The highest BCUT2D eigenvalue weighted by molar-refractivity contribution is 4.73. The molecule has 3 N–H and O–H groups in total. The van der Waals surface area contributed by atoms with E-state index in [9.17, 15) is 5.21 Å². The van der Waals surface area contributed by atoms with Crippen molar-refractivity contribution >= 4 is 0 Å². The third-order valence-electron chi connectivity index (χ3n) is 2.74. The Bertz CT molecular complexity index is 130. The molecule has 0 radical (unpaired) electrons. The first-order valence-corrected chi connectivity index (χ1v) is 4.90. The van der Waals surface area contributed by atoms with Gasteiger partial charge in [-0.15, -0.1) is 0 Å². The summed E-state index contributed by atoms with van der Waals surface area (Å²) < 4.78 is 0. The average Bonchev–Trinajstić information content (AvgIpc) is 2.04. The molecule has 0 saturated heterocycles. The lowest BCUT2D eigenvalue weighted by Gasteiger charge is -2.38. The van der Waals surface area contributed by atoms with Crippen molar-refractivity contribution in [1.29, 1.82) is 0 Å². The Morgan fingerprint density at radius 1 is 1.25 bits per heavy atom. The van der Waals surface area contributed by atoms with Gasteiger partial charge in [0.1, 0.15) is 0 Å². The van der Waals surface area contributed by atoms with Crippen LogP contribution in [0.3, 0.4) is 0 Å². The van der Waals surface area contributed by atoms with E-state index >= 15 is 0 Å². The van der Waals surface area contributed by atoms with Crippen LogP contribution < -0.4 is 10.8 Å². The Balaban J connectivity index is 2.34. The SMILES string of the molecule is CC(C)[NH+]([O-])C1CCC(N)CC1. The summed E-state index contributed by atoms with van der Waals surface area (Å²) in [5.41, 5.74) is 5.76. The van der Waals surface area contributed by atoms with Gasteiger partial charge in [-0.05, 0) is 26.7 Å². The second kappa shape index (κ2) is 4.21. The van der Waals surface area contributed by atoms with E-state index < -0.39 is 0 Å². The van der Waals surface area contributed by atoms with Gasteiger partial charge < -0.3 is 16.0 Å². The second-order valence-electron chi connectivity index (χ2n) is 4.17. The van der Waals surface area contributed by atoms with Crippen molar-refractivity contribution in [1.82, 2.24) is 0 Å². The lowest BCUT2D eigenvalue weighted by atomic mass is 9.91. The van der Waals surface area contributed by atoms with Crippen LogP contribution >= 0.6 is 0 Å². The summed E-state index contributed by atoms with van der Waals surface area (Å²) in [5.74, 6) is 0. The highest BCUT2D eigenvalue weighted by Crippen LogP contribution is 2.14. The van der Waals surface area contributed by atoms with Crippen molar-refractivity contribution in [2.45, 2.75) is 57.7 Å². The molecule has 1 fully saturated rings. The van der Waals surface area contributed by atoms with Gasteiger partial charge in [-0.3, -0.25) is 0 Å². The van der Waals surface area contributed by atoms with Gasteiger partial charge in [-0.25, -0.2) is 0 Å². The standard InChI is InChI=1S/C9H20N2O/c1-7(2)11(12)9-5-3-8(10)4-6-9/h7-9,11H,3-6,10H2,1-2H3. The topological polar surface area (TPSA) is 53.5 Å². The molecule has 0 spiro atoms. The number of hydrogen-bond donors (Lipinski definition) is 2. The molecular formula is C9H20N2O. The van der Waals surface area contributed by atoms with Crippen molar-refractivity contribution < 1.29 is 5.06 Å². The summed E-state index contributed by atoms with van der Waals surface area (Å²) in [4.78, 5) is 0. The molecule has 12 heavy (non-hydrogen) atoms. The van der Waals surface area contributed by atoms with Crippen molar-refractivity contribution in [2.24, 2.45) is 5.73 Å². The van der Waals surface area contributed by atoms with Crippen LogP contribution in [0.15, 0.2) is 0 Å². The molecule has 0 bridgehead atoms. The van der Waals surface area contributed by atoms with Crippen LogP contribution in [-0.4, -0.2) is 18.1 Å². The average molecular weight is 172 g/mol. The Hall–Kier alpha value is -0.120. The fourth-order valence-corrected chi connectivity index (χ4v) is 1.88. The van der Waals surface area contributed by atoms with E-state index in [2.05, 4.69) is 0 Å². The zero-order valence-corrected chi connectivity index (χ0v) is 8.05. The molecule has 1 saturated carbocycles. The summed E-state index contributed by atoms with van der Waals surface area (Å²) in [7, 11) is 0. The molecule has 0 amide bonds. The normalized spacial score (nSPS) is 33.8. The van der Waals surface area contributed by atoms with Gasteiger partial charge in [0.05, 0.1) is 12.1 Å². The Kier molecular flexibility index (Phi) is 3.50. The minimum Gasteiger partial charge on any atom is -0.634 e. The molecule has 0 aromatic rings. The van der Waals surface area contributed by atoms with Crippen LogP contribution in [0.5, 0.6) is 0 Å². The van der Waals surface area contributed by atoms with E-state index in [1.807, 2.05) is 13.8 Å². The van der Waals surface area contributed by atoms with Crippen molar-refractivity contribution in [3.05, 3.63) is 5.21 Å². The molecule has 1 rings (SSSR count). The lowest BCUT2D eigenvalue weighted by Crippen LogP contribution is -3.14. The van der Waals surface area contributed by atoms with Crippen LogP contribution in [0.25, 0.3) is 0 Å². The van der Waals surface area contributed by atoms with Gasteiger partial charge in [0.2, 0.25) is 0 Å². The first kappa shape index (κ1) is 9.96. The minimum absolute atomic E-state index is 0.198. The number of hydroxylamine groups is 2. The van der Waals surface area contributed by atoms with E-state index in [0.29, 0.717) is 17.1 Å². The predicted molar refractivity (Wildman–Crippen MR) is 49.7 cm³/mol. The van der Waals surface area contributed by atoms with Crippen LogP contribution in [0, 0.1) is 5.21 Å². The van der Waals surface area contributed by atoms with Gasteiger partial charge in [-0.2, -0.15) is 0 Å². The minimum atomic E-state index is 0.198. The molecule has 3 nitrogen and oxygen atoms in total. The first-order valence-electron chi connectivity index (χ1n) is 4.90. The van der Waals surface area contributed by atoms with Gasteiger partial charge in [-0.1, -0.05) is 0 Å². The molecule has 72 valence electrons. The monoisotopic (exact) mass is 172 g/mol. The van der Waals surface area contributed by atoms with E-state index in [-0.39, 0.29) is 6.04 Å². The molecule has 0 aromatic carbocycles. The molecule has 1 unspecified atom stereocenters. The number of quaternary nitrogens is 1. The van der Waals surface area contributed by atoms with E-state index in [4.69, 9.17) is 5.73 Å². The molecule has 1 aliphatic carbocycles. The summed E-state index contributed by atoms with van der Waals surface area (Å²) in [6.07, 6.45) is 4.09. The molecule has 1 atom stereocenters. The summed E-state index contributed by atoms with van der Waals surface area (Å²) >= 11 is 0. The molecule has 0 heterocycles. The van der Waals surface area contributed by atoms with Gasteiger partial charge >= 0.3 is 0 Å². The van der Waals surface area contributed by atoms with Crippen LogP contribution in [0.2, 0.25) is 0 Å². The Morgan fingerprint density at radius 2 is 1.75 bits per heavy atom. The summed E-state index contributed by atoms with van der Waals surface area (Å²) in [6, 6.07) is 0.857. The molecule has 1 aliphatic rings. The zero-order chi connectivity index (χ0) is 9.14. The fourth-order valence-electron chi connectivity index (χ4n) is 1.88. The largest absolute Gasteiger partial charge is 0.634 e. The molecule has 0 aromatic heterocycles. The molecular weight excluding hydrogens is 152 g/mol. The summed E-state index contributed by atoms with van der Waals surface area (Å²) in [6.45, 7) is 3.97. The maximum atomic E-state index is 11.6. The quantitative estimate of drug-likeness (QED) is 0.578. The molecule has 3 heteroatoms. The Labute approximate surface area is 74.5 Å². The van der Waals surface area contributed by atoms with E-state index in [1.54, 1.807) is 0 Å². The maximum Gasteiger partial charge on any atom is 0.0874 e. The van der Waals surface area contributed by atoms with E-state index in [0.717, 1.165) is 25.7 Å². The molecule has 0 aliphatic heterocycles. The number of nitrogens with two attached hydrogens (primary N) is 1. The van der Waals surface area contributed by atoms with Gasteiger partial charge in [0.25, 0.3) is 0 Å². The third kappa shape index (κ3) is 2.44. The zero-order valence-electron chi connectivity index (χ0n) is 8.05. The van der Waals surface area contributed by atoms with Crippen LogP contribution in [0.4, 0.5) is 0 Å². The first-order chi connectivity index (χ1) is 5.61. The van der Waals surface area contributed by atoms with Gasteiger partial charge in [0.15, 0.2) is 0 Å². The Morgan fingerprint density at radius 3 is 2.17 bits per heavy atom. The third-order valence-corrected chi connectivity index (χ3v) is 2.74. The second-order valence-corrected chi connectivity index (χ2v) is 4.17. The van der Waals surface area contributed by atoms with Crippen LogP contribution in [-0.2, 0) is 0 Å². The smallest absolute Gasteiger partial charge is 0.0874 e. The number of rotatable bonds is 2. The van der Waals surface area contributed by atoms with E-state index in [1.165, 1.54) is 0 Å². The van der Waals surface area contributed by atoms with Gasteiger partial charge in [0, 0.05) is 18.9 Å². The maximum absolute atomic E-state index is 11.6. The number of hydrogen-bond acceptors (Lipinski definition) is 2. The highest BCUT2D eigenvalue weighted by Gasteiger charge is 2.24. The fraction of sp³-hybridized carbons (Fsp3) is 1.00.